The van der Waals surface area contributed by atoms with Crippen molar-refractivity contribution in [3.05, 3.63) is 24.3 Å². The first-order chi connectivity index (χ1) is 26.6. The molecule has 2 atom stereocenters. The normalized spacial score (nSPS) is 13.2. The predicted octanol–water partition coefficient (Wildman–Crippen LogP) is 11.4. The first-order valence-electron chi connectivity index (χ1n) is 22.9. The third kappa shape index (κ3) is 38.0. The van der Waals surface area contributed by atoms with Crippen LogP contribution in [0.15, 0.2) is 24.3 Å². The molecule has 7 nitrogen and oxygen atoms in total. The summed E-state index contributed by atoms with van der Waals surface area (Å²) >= 11 is 5.45. The Balaban J connectivity index is 4.32. The second-order valence-electron chi connectivity index (χ2n) is 15.3. The van der Waals surface area contributed by atoms with Gasteiger partial charge < -0.3 is 30.2 Å². The van der Waals surface area contributed by atoms with Gasteiger partial charge in [-0.15, -0.1) is 0 Å². The highest BCUT2D eigenvalue weighted by molar-refractivity contribution is 7.80. The summed E-state index contributed by atoms with van der Waals surface area (Å²) < 4.78 is 18.6. The van der Waals surface area contributed by atoms with Crippen molar-refractivity contribution in [3.8, 4) is 0 Å². The van der Waals surface area contributed by atoms with E-state index >= 15 is 0 Å². The lowest BCUT2D eigenvalue weighted by Gasteiger charge is -2.28. The second kappa shape index (κ2) is 44.8. The van der Waals surface area contributed by atoms with E-state index in [1.807, 2.05) is 4.90 Å². The molecule has 0 aromatic heterocycles. The summed E-state index contributed by atoms with van der Waals surface area (Å²) in [5.74, 6) is 0. The molecule has 0 spiro atoms. The summed E-state index contributed by atoms with van der Waals surface area (Å²) in [5, 5.41) is 18.8. The van der Waals surface area contributed by atoms with Crippen LogP contribution in [-0.2, 0) is 14.2 Å². The maximum atomic E-state index is 9.39. The van der Waals surface area contributed by atoms with Crippen molar-refractivity contribution >= 4 is 17.2 Å². The fourth-order valence-electron chi connectivity index (χ4n) is 6.76. The van der Waals surface area contributed by atoms with Crippen molar-refractivity contribution < 1.29 is 24.4 Å². The molecule has 0 amide bonds. The number of unbranched alkanes of at least 4 members (excludes halogenated alkanes) is 24. The van der Waals surface area contributed by atoms with Crippen LogP contribution < -0.4 is 5.73 Å². The van der Waals surface area contributed by atoms with Crippen LogP contribution in [-0.4, -0.2) is 91.6 Å². The van der Waals surface area contributed by atoms with Crippen molar-refractivity contribution in [1.82, 2.24) is 4.90 Å². The van der Waals surface area contributed by atoms with E-state index in [2.05, 4.69) is 38.2 Å². The van der Waals surface area contributed by atoms with Gasteiger partial charge in [-0.2, -0.15) is 0 Å². The molecule has 0 aromatic rings. The quantitative estimate of drug-likeness (QED) is 0.0319. The van der Waals surface area contributed by atoms with Gasteiger partial charge in [-0.25, -0.2) is 0 Å². The molecule has 8 heteroatoms. The average Bonchev–Trinajstić information content (AvgIpc) is 3.16. The lowest BCUT2D eigenvalue weighted by atomic mass is 10.1. The fourth-order valence-corrected chi connectivity index (χ4v) is 6.98. The molecule has 4 N–H and O–H groups in total. The highest BCUT2D eigenvalue weighted by atomic mass is 32.1. The van der Waals surface area contributed by atoms with Crippen LogP contribution in [0.5, 0.6) is 0 Å². The zero-order valence-corrected chi connectivity index (χ0v) is 36.5. The van der Waals surface area contributed by atoms with Crippen LogP contribution in [0.2, 0.25) is 0 Å². The number of thiocarbonyl (C=S) groups is 1. The molecule has 0 radical (unpaired) electrons. The average molecular weight is 783 g/mol. The maximum absolute atomic E-state index is 9.39. The zero-order valence-electron chi connectivity index (χ0n) is 35.7. The van der Waals surface area contributed by atoms with Crippen LogP contribution in [0.4, 0.5) is 0 Å². The maximum Gasteiger partial charge on any atom is 0.135 e. The molecule has 0 aliphatic rings. The van der Waals surface area contributed by atoms with Crippen LogP contribution in [0.1, 0.15) is 194 Å². The van der Waals surface area contributed by atoms with Gasteiger partial charge in [0.25, 0.3) is 0 Å². The van der Waals surface area contributed by atoms with Crippen LogP contribution in [0.25, 0.3) is 0 Å². The Hall–Kier alpha value is -0.870. The second-order valence-corrected chi connectivity index (χ2v) is 15.8. The Morgan fingerprint density at radius 3 is 1.31 bits per heavy atom. The summed E-state index contributed by atoms with van der Waals surface area (Å²) in [5.41, 5.74) is 6.19. The van der Waals surface area contributed by atoms with Gasteiger partial charge in [0, 0.05) is 32.8 Å². The Labute approximate surface area is 340 Å². The minimum absolute atomic E-state index is 0.0396. The summed E-state index contributed by atoms with van der Waals surface area (Å²) in [6.45, 7) is 8.27. The largest absolute Gasteiger partial charge is 0.395 e. The van der Waals surface area contributed by atoms with Crippen molar-refractivity contribution in [1.29, 1.82) is 0 Å². The lowest BCUT2D eigenvalue weighted by Crippen LogP contribution is -2.45. The monoisotopic (exact) mass is 783 g/mol. The minimum atomic E-state index is -0.507. The Morgan fingerprint density at radius 2 is 0.907 bits per heavy atom. The van der Waals surface area contributed by atoms with Gasteiger partial charge >= 0.3 is 0 Å². The molecular weight excluding hydrogens is 693 g/mol. The number of nitrogens with zero attached hydrogens (tertiary/aromatic N) is 1. The van der Waals surface area contributed by atoms with Crippen molar-refractivity contribution in [2.75, 3.05) is 59.3 Å². The molecule has 0 rings (SSSR count). The number of rotatable bonds is 45. The van der Waals surface area contributed by atoms with E-state index in [1.54, 1.807) is 0 Å². The molecule has 0 saturated heterocycles. The van der Waals surface area contributed by atoms with Gasteiger partial charge in [0.05, 0.1) is 26.4 Å². The summed E-state index contributed by atoms with van der Waals surface area (Å²) in [6.07, 6.45) is 44.4. The standard InChI is InChI=1S/C46H90N2O5S/c1-3-5-7-9-11-13-15-17-19-21-23-25-27-29-31-33-40-51-43-44(52-42-37-48(35-38-49)36-39-50)45(46(47)54)53-41-34-32-30-28-26-24-22-20-18-16-14-12-10-8-6-4-2/h17-20,44-45,49-50H,3-16,21-43H2,1-2H3,(H2,47,54). The highest BCUT2D eigenvalue weighted by Gasteiger charge is 2.26. The van der Waals surface area contributed by atoms with E-state index in [4.69, 9.17) is 32.2 Å². The zero-order chi connectivity index (χ0) is 39.4. The first-order valence-corrected chi connectivity index (χ1v) is 23.4. The van der Waals surface area contributed by atoms with Gasteiger partial charge in [-0.1, -0.05) is 166 Å². The third-order valence-corrected chi connectivity index (χ3v) is 10.5. The van der Waals surface area contributed by atoms with E-state index in [0.717, 1.165) is 19.3 Å². The summed E-state index contributed by atoms with van der Waals surface area (Å²) in [6, 6.07) is 0. The number of aliphatic hydroxyl groups is 2. The van der Waals surface area contributed by atoms with Crippen LogP contribution in [0, 0.1) is 0 Å². The Morgan fingerprint density at radius 1 is 0.519 bits per heavy atom. The van der Waals surface area contributed by atoms with Crippen molar-refractivity contribution in [3.63, 3.8) is 0 Å². The van der Waals surface area contributed by atoms with Crippen LogP contribution >= 0.6 is 12.2 Å². The number of ether oxygens (including phenoxy) is 3. The lowest BCUT2D eigenvalue weighted by molar-refractivity contribution is -0.0845. The van der Waals surface area contributed by atoms with Gasteiger partial charge in [0.2, 0.25) is 0 Å². The van der Waals surface area contributed by atoms with Crippen molar-refractivity contribution in [2.24, 2.45) is 5.73 Å². The molecule has 54 heavy (non-hydrogen) atoms. The first kappa shape index (κ1) is 53.1. The number of hydrogen-bond donors (Lipinski definition) is 3. The number of allylic oxidation sites excluding steroid dienone is 4. The fraction of sp³-hybridized carbons (Fsp3) is 0.891. The highest BCUT2D eigenvalue weighted by Crippen LogP contribution is 2.14. The number of aliphatic hydroxyl groups excluding tert-OH is 2. The molecular formula is C46H90N2O5S. The molecule has 0 aromatic carbocycles. The summed E-state index contributed by atoms with van der Waals surface area (Å²) in [7, 11) is 0. The number of hydrogen-bond acceptors (Lipinski definition) is 7. The topological polar surface area (TPSA) is 97.4 Å². The molecule has 0 saturated carbocycles. The Kier molecular flexibility index (Phi) is 44.1. The predicted molar refractivity (Wildman–Crippen MR) is 237 cm³/mol. The van der Waals surface area contributed by atoms with E-state index < -0.39 is 12.2 Å². The minimum Gasteiger partial charge on any atom is -0.395 e. The Bertz CT molecular complexity index is 808. The van der Waals surface area contributed by atoms with Gasteiger partial charge in [-0.05, 0) is 64.2 Å². The van der Waals surface area contributed by atoms with E-state index in [1.165, 1.54) is 161 Å². The smallest absolute Gasteiger partial charge is 0.135 e. The van der Waals surface area contributed by atoms with E-state index in [9.17, 15) is 10.2 Å². The van der Waals surface area contributed by atoms with Gasteiger partial charge in [0.15, 0.2) is 0 Å². The van der Waals surface area contributed by atoms with Gasteiger partial charge in [0.1, 0.15) is 17.2 Å². The molecule has 2 unspecified atom stereocenters. The molecule has 0 fully saturated rings. The number of nitrogens with two attached hydrogens (primary N) is 1. The van der Waals surface area contributed by atoms with Crippen molar-refractivity contribution in [2.45, 2.75) is 206 Å². The molecule has 0 heterocycles. The van der Waals surface area contributed by atoms with E-state index in [-0.39, 0.29) is 13.2 Å². The SMILES string of the molecule is CCCCCCCCC=CCCCCCCCCOCC(OCCN(CCO)CCO)C(OCCCCCCCCC=CCCCCCCCC)C(N)=S. The molecule has 0 bridgehead atoms. The van der Waals surface area contributed by atoms with Crippen LogP contribution in [0.3, 0.4) is 0 Å². The molecule has 0 aliphatic carbocycles. The summed E-state index contributed by atoms with van der Waals surface area (Å²) in [4.78, 5) is 2.28. The third-order valence-electron chi connectivity index (χ3n) is 10.2. The van der Waals surface area contributed by atoms with E-state index in [0.29, 0.717) is 51.1 Å². The van der Waals surface area contributed by atoms with Gasteiger partial charge in [-0.3, -0.25) is 4.90 Å². The molecule has 320 valence electrons. The molecule has 0 aliphatic heterocycles.